The molecule has 0 heterocycles. The van der Waals surface area contributed by atoms with Gasteiger partial charge in [0.1, 0.15) is 0 Å². The van der Waals surface area contributed by atoms with Crippen LogP contribution in [0.15, 0.2) is 23.1 Å². The van der Waals surface area contributed by atoms with Crippen LogP contribution in [-0.2, 0) is 16.6 Å². The van der Waals surface area contributed by atoms with Gasteiger partial charge in [-0.2, -0.15) is 4.31 Å². The minimum atomic E-state index is -3.39. The van der Waals surface area contributed by atoms with Gasteiger partial charge in [0.15, 0.2) is 0 Å². The predicted octanol–water partition coefficient (Wildman–Crippen LogP) is 2.52. The van der Waals surface area contributed by atoms with Crippen LogP contribution in [0.3, 0.4) is 0 Å². The molecule has 0 saturated heterocycles. The van der Waals surface area contributed by atoms with Crippen LogP contribution in [-0.4, -0.2) is 31.9 Å². The van der Waals surface area contributed by atoms with Crippen molar-refractivity contribution in [3.05, 3.63) is 29.3 Å². The van der Waals surface area contributed by atoms with E-state index in [1.54, 1.807) is 6.07 Å². The molecule has 0 amide bonds. The molecule has 1 N–H and O–H groups in total. The molecule has 114 valence electrons. The lowest BCUT2D eigenvalue weighted by Gasteiger charge is -2.20. The van der Waals surface area contributed by atoms with Crippen LogP contribution in [0, 0.1) is 6.92 Å². The topological polar surface area (TPSA) is 49.4 Å². The van der Waals surface area contributed by atoms with Crippen LogP contribution < -0.4 is 5.32 Å². The minimum absolute atomic E-state index is 0.374. The Labute approximate surface area is 123 Å². The van der Waals surface area contributed by atoms with Crippen molar-refractivity contribution in [3.8, 4) is 0 Å². The highest BCUT2D eigenvalue weighted by molar-refractivity contribution is 7.89. The summed E-state index contributed by atoms with van der Waals surface area (Å²) in [5.74, 6) is 0. The van der Waals surface area contributed by atoms with E-state index >= 15 is 0 Å². The number of hydrogen-bond donors (Lipinski definition) is 1. The Morgan fingerprint density at radius 2 is 1.80 bits per heavy atom. The van der Waals surface area contributed by atoms with E-state index < -0.39 is 10.0 Å². The molecular formula is C15H26N2O2S. The van der Waals surface area contributed by atoms with Crippen molar-refractivity contribution in [2.24, 2.45) is 0 Å². The number of nitrogens with zero attached hydrogens (tertiary/aromatic N) is 1. The average Bonchev–Trinajstić information content (AvgIpc) is 2.38. The summed E-state index contributed by atoms with van der Waals surface area (Å²) in [5, 5.41) is 3.31. The number of nitrogens with one attached hydrogen (secondary N) is 1. The summed E-state index contributed by atoms with van der Waals surface area (Å²) in [6.45, 7) is 11.4. The third-order valence-electron chi connectivity index (χ3n) is 3.29. The maximum Gasteiger partial charge on any atom is 0.243 e. The average molecular weight is 298 g/mol. The largest absolute Gasteiger partial charge is 0.310 e. The first-order chi connectivity index (χ1) is 9.32. The maximum atomic E-state index is 12.6. The summed E-state index contributed by atoms with van der Waals surface area (Å²) in [7, 11) is -3.39. The Morgan fingerprint density at radius 3 is 2.30 bits per heavy atom. The SMILES string of the molecule is CCN(CC)S(=O)(=O)c1cc(CNC(C)C)ccc1C. The predicted molar refractivity (Wildman–Crippen MR) is 83.3 cm³/mol. The summed E-state index contributed by atoms with van der Waals surface area (Å²) >= 11 is 0. The first kappa shape index (κ1) is 17.1. The first-order valence-electron chi connectivity index (χ1n) is 7.16. The van der Waals surface area contributed by atoms with Gasteiger partial charge in [0.25, 0.3) is 0 Å². The highest BCUT2D eigenvalue weighted by Gasteiger charge is 2.23. The molecule has 0 aliphatic carbocycles. The molecule has 0 atom stereocenters. The lowest BCUT2D eigenvalue weighted by Crippen LogP contribution is -2.31. The van der Waals surface area contributed by atoms with Crippen LogP contribution in [0.25, 0.3) is 0 Å². The van der Waals surface area contributed by atoms with E-state index in [4.69, 9.17) is 0 Å². The highest BCUT2D eigenvalue weighted by Crippen LogP contribution is 2.21. The number of sulfonamides is 1. The second-order valence-electron chi connectivity index (χ2n) is 5.22. The van der Waals surface area contributed by atoms with E-state index in [0.717, 1.165) is 11.1 Å². The molecule has 0 unspecified atom stereocenters. The summed E-state index contributed by atoms with van der Waals surface area (Å²) in [6.07, 6.45) is 0. The molecule has 0 spiro atoms. The number of aryl methyl sites for hydroxylation is 1. The summed E-state index contributed by atoms with van der Waals surface area (Å²) in [4.78, 5) is 0.421. The van der Waals surface area contributed by atoms with Gasteiger partial charge in [-0.25, -0.2) is 8.42 Å². The molecule has 20 heavy (non-hydrogen) atoms. The van der Waals surface area contributed by atoms with Crippen molar-refractivity contribution < 1.29 is 8.42 Å². The maximum absolute atomic E-state index is 12.6. The van der Waals surface area contributed by atoms with Crippen molar-refractivity contribution in [3.63, 3.8) is 0 Å². The molecule has 4 nitrogen and oxygen atoms in total. The van der Waals surface area contributed by atoms with Gasteiger partial charge >= 0.3 is 0 Å². The van der Waals surface area contributed by atoms with Crippen molar-refractivity contribution in [2.45, 2.75) is 52.1 Å². The second-order valence-corrected chi connectivity index (χ2v) is 7.13. The molecule has 0 aromatic heterocycles. The van der Waals surface area contributed by atoms with Crippen molar-refractivity contribution in [1.82, 2.24) is 9.62 Å². The van der Waals surface area contributed by atoms with Gasteiger partial charge in [0.05, 0.1) is 4.90 Å². The first-order valence-corrected chi connectivity index (χ1v) is 8.60. The second kappa shape index (κ2) is 7.20. The molecule has 0 fully saturated rings. The van der Waals surface area contributed by atoms with Crippen molar-refractivity contribution in [1.29, 1.82) is 0 Å². The number of hydrogen-bond acceptors (Lipinski definition) is 3. The smallest absolute Gasteiger partial charge is 0.243 e. The van der Waals surface area contributed by atoms with E-state index in [-0.39, 0.29) is 0 Å². The fourth-order valence-corrected chi connectivity index (χ4v) is 3.79. The Bertz CT molecular complexity index is 535. The molecule has 1 rings (SSSR count). The molecule has 0 radical (unpaired) electrons. The Hall–Kier alpha value is -0.910. The van der Waals surface area contributed by atoms with Gasteiger partial charge in [-0.05, 0) is 24.1 Å². The summed E-state index contributed by atoms with van der Waals surface area (Å²) < 4.78 is 26.7. The summed E-state index contributed by atoms with van der Waals surface area (Å²) in [5.41, 5.74) is 1.79. The zero-order chi connectivity index (χ0) is 15.3. The molecule has 1 aromatic rings. The zero-order valence-corrected chi connectivity index (χ0v) is 13.9. The molecule has 0 aliphatic rings. The highest BCUT2D eigenvalue weighted by atomic mass is 32.2. The molecule has 0 saturated carbocycles. The van der Waals surface area contributed by atoms with E-state index in [9.17, 15) is 8.42 Å². The van der Waals surface area contributed by atoms with Gasteiger partial charge in [0, 0.05) is 25.7 Å². The Morgan fingerprint density at radius 1 is 1.20 bits per heavy atom. The normalized spacial score (nSPS) is 12.3. The van der Waals surface area contributed by atoms with Crippen LogP contribution in [0.1, 0.15) is 38.8 Å². The van der Waals surface area contributed by atoms with Gasteiger partial charge in [-0.15, -0.1) is 0 Å². The van der Waals surface area contributed by atoms with E-state index in [2.05, 4.69) is 19.2 Å². The monoisotopic (exact) mass is 298 g/mol. The zero-order valence-electron chi connectivity index (χ0n) is 13.1. The van der Waals surface area contributed by atoms with E-state index in [0.29, 0.717) is 30.6 Å². The molecule has 0 aliphatic heterocycles. The van der Waals surface area contributed by atoms with E-state index in [1.165, 1.54) is 4.31 Å². The van der Waals surface area contributed by atoms with Crippen LogP contribution in [0.4, 0.5) is 0 Å². The van der Waals surface area contributed by atoms with Crippen molar-refractivity contribution in [2.75, 3.05) is 13.1 Å². The van der Waals surface area contributed by atoms with E-state index in [1.807, 2.05) is 32.9 Å². The lowest BCUT2D eigenvalue weighted by atomic mass is 10.1. The standard InChI is InChI=1S/C15H26N2O2S/c1-6-17(7-2)20(18,19)15-10-14(9-8-13(15)5)11-16-12(3)4/h8-10,12,16H,6-7,11H2,1-5H3. The Kier molecular flexibility index (Phi) is 6.17. The van der Waals surface area contributed by atoms with Crippen LogP contribution in [0.2, 0.25) is 0 Å². The van der Waals surface area contributed by atoms with Crippen LogP contribution in [0.5, 0.6) is 0 Å². The minimum Gasteiger partial charge on any atom is -0.310 e. The molecular weight excluding hydrogens is 272 g/mol. The lowest BCUT2D eigenvalue weighted by molar-refractivity contribution is 0.444. The van der Waals surface area contributed by atoms with Crippen LogP contribution >= 0.6 is 0 Å². The molecule has 1 aromatic carbocycles. The number of benzene rings is 1. The van der Waals surface area contributed by atoms with Gasteiger partial charge in [-0.3, -0.25) is 0 Å². The number of rotatable bonds is 7. The van der Waals surface area contributed by atoms with Gasteiger partial charge in [0.2, 0.25) is 10.0 Å². The third kappa shape index (κ3) is 4.04. The quantitative estimate of drug-likeness (QED) is 0.841. The third-order valence-corrected chi connectivity index (χ3v) is 5.48. The fourth-order valence-electron chi connectivity index (χ4n) is 2.06. The molecule has 5 heteroatoms. The Balaban J connectivity index is 3.14. The fraction of sp³-hybridized carbons (Fsp3) is 0.600. The summed E-state index contributed by atoms with van der Waals surface area (Å²) in [6, 6.07) is 6.03. The molecule has 0 bridgehead atoms. The van der Waals surface area contributed by atoms with Gasteiger partial charge in [-0.1, -0.05) is 39.8 Å². The van der Waals surface area contributed by atoms with Gasteiger partial charge < -0.3 is 5.32 Å². The van der Waals surface area contributed by atoms with Crippen molar-refractivity contribution >= 4 is 10.0 Å².